The third-order valence-electron chi connectivity index (χ3n) is 3.45. The van der Waals surface area contributed by atoms with Crippen LogP contribution >= 0.6 is 7.92 Å². The first-order valence-electron chi connectivity index (χ1n) is 8.59. The Labute approximate surface area is 186 Å². The van der Waals surface area contributed by atoms with Gasteiger partial charge in [-0.15, -0.1) is 0 Å². The molecule has 3 aromatic carbocycles. The van der Waals surface area contributed by atoms with Gasteiger partial charge in [0.1, 0.15) is 0 Å². The number of carbonyl (C=O) groups is 2. The van der Waals surface area contributed by atoms with Gasteiger partial charge in [-0.05, 0) is 37.7 Å². The molecule has 0 aliphatic carbocycles. The zero-order chi connectivity index (χ0) is 20.8. The topological polar surface area (TPSA) is 54.0 Å². The van der Waals surface area contributed by atoms with Crippen molar-refractivity contribution in [1.29, 1.82) is 0 Å². The summed E-state index contributed by atoms with van der Waals surface area (Å²) in [5.41, 5.74) is 0. The fraction of sp³-hybridized carbons (Fsp3) is 0.0833. The number of benzene rings is 3. The van der Waals surface area contributed by atoms with Crippen LogP contribution in [-0.2, 0) is 33.7 Å². The minimum Gasteiger partial charge on any atom is -0.0622 e. The van der Waals surface area contributed by atoms with E-state index in [2.05, 4.69) is 97.6 Å². The fourth-order valence-corrected chi connectivity index (χ4v) is 4.77. The zero-order valence-corrected chi connectivity index (χ0v) is 18.8. The molecule has 3 nitrogen and oxygen atoms in total. The molecular weight excluding hydrogens is 470 g/mol. The van der Waals surface area contributed by atoms with Crippen molar-refractivity contribution in [3.8, 4) is 0 Å². The summed E-state index contributed by atoms with van der Waals surface area (Å²) in [6, 6.07) is 32.3. The van der Waals surface area contributed by atoms with Gasteiger partial charge < -0.3 is 9.59 Å². The minimum absolute atomic E-state index is 0. The van der Waals surface area contributed by atoms with Crippen molar-refractivity contribution in [2.24, 2.45) is 0 Å². The summed E-state index contributed by atoms with van der Waals surface area (Å²) in [5, 5.41) is 4.19. The quantitative estimate of drug-likeness (QED) is 0.179. The van der Waals surface area contributed by atoms with E-state index in [0.717, 1.165) is 6.42 Å². The van der Waals surface area contributed by atoms with Crippen LogP contribution < -0.4 is 15.9 Å². The van der Waals surface area contributed by atoms with E-state index in [0.29, 0.717) is 0 Å². The van der Waals surface area contributed by atoms with Gasteiger partial charge in [-0.1, -0.05) is 91.0 Å². The fourth-order valence-electron chi connectivity index (χ4n) is 2.46. The SMILES string of the molecule is CC(=O)[CH-]C(C)=O.[C-]#[O+].[Rh].c1ccc(P(c2ccccc2)c2ccccc2)cc1. The van der Waals surface area contributed by atoms with Crippen LogP contribution in [0, 0.1) is 13.1 Å². The second kappa shape index (κ2) is 15.6. The molecule has 0 bridgehead atoms. The summed E-state index contributed by atoms with van der Waals surface area (Å²) in [7, 11) is -0.446. The monoisotopic (exact) mass is 492 g/mol. The Hall–Kier alpha value is -2.34. The maximum absolute atomic E-state index is 9.98. The van der Waals surface area contributed by atoms with Crippen LogP contribution in [0.2, 0.25) is 0 Å². The standard InChI is InChI=1S/C18H15P.C5H7O2.CO.Rh/c1-4-10-16(11-5-1)19(17-12-6-2-7-13-17)18-14-8-3-9-15-18;1-4(6)3-5(2)7;1-2;/h1-15H;3H,1-2H3;;/q;-1;;. The summed E-state index contributed by atoms with van der Waals surface area (Å²) >= 11 is 0. The van der Waals surface area contributed by atoms with E-state index >= 15 is 0 Å². The van der Waals surface area contributed by atoms with Crippen molar-refractivity contribution >= 4 is 35.4 Å². The Morgan fingerprint density at radius 1 is 0.655 bits per heavy atom. The summed E-state index contributed by atoms with van der Waals surface area (Å²) in [6.45, 7) is 7.20. The van der Waals surface area contributed by atoms with Gasteiger partial charge in [0.05, 0.1) is 0 Å². The molecule has 1 radical (unpaired) electrons. The van der Waals surface area contributed by atoms with Crippen LogP contribution in [0.5, 0.6) is 0 Å². The predicted octanol–water partition coefficient (Wildman–Crippen LogP) is 3.77. The van der Waals surface area contributed by atoms with Crippen molar-refractivity contribution < 1.29 is 33.7 Å². The van der Waals surface area contributed by atoms with Gasteiger partial charge in [-0.3, -0.25) is 6.42 Å². The molecule has 3 rings (SSSR count). The Bertz CT molecular complexity index is 760. The molecule has 0 heterocycles. The first-order valence-corrected chi connectivity index (χ1v) is 9.93. The van der Waals surface area contributed by atoms with Crippen molar-refractivity contribution in [3.63, 3.8) is 0 Å². The van der Waals surface area contributed by atoms with Crippen molar-refractivity contribution in [2.75, 3.05) is 0 Å². The number of hydrogen-bond acceptors (Lipinski definition) is 2. The molecule has 0 unspecified atom stereocenters. The van der Waals surface area contributed by atoms with Gasteiger partial charge in [0.25, 0.3) is 0 Å². The average Bonchev–Trinajstić information content (AvgIpc) is 2.72. The molecule has 0 spiro atoms. The van der Waals surface area contributed by atoms with E-state index in [4.69, 9.17) is 4.65 Å². The Kier molecular flexibility index (Phi) is 14.3. The number of hydrogen-bond donors (Lipinski definition) is 0. The Morgan fingerprint density at radius 3 is 1.07 bits per heavy atom. The number of Topliss-reactive ketones (excluding diaryl/α,β-unsaturated/α-hetero) is 2. The molecule has 151 valence electrons. The molecule has 0 amide bonds. The Balaban J connectivity index is 0.000000675. The third-order valence-corrected chi connectivity index (χ3v) is 5.89. The van der Waals surface area contributed by atoms with E-state index in [1.54, 1.807) is 0 Å². The van der Waals surface area contributed by atoms with Crippen molar-refractivity contribution in [2.45, 2.75) is 13.8 Å². The maximum atomic E-state index is 9.98. The molecule has 0 aromatic heterocycles. The molecule has 0 N–H and O–H groups in total. The third kappa shape index (κ3) is 10.1. The molecule has 0 saturated heterocycles. The van der Waals surface area contributed by atoms with Crippen molar-refractivity contribution in [3.05, 3.63) is 104 Å². The number of ketones is 2. The van der Waals surface area contributed by atoms with Crippen LogP contribution in [0.15, 0.2) is 91.0 Å². The number of carbonyl (C=O) groups excluding carboxylic acids is 2. The van der Waals surface area contributed by atoms with E-state index < -0.39 is 7.92 Å². The first-order chi connectivity index (χ1) is 13.6. The van der Waals surface area contributed by atoms with Crippen LogP contribution in [-0.4, -0.2) is 11.6 Å². The minimum atomic E-state index is -0.446. The molecule has 29 heavy (non-hydrogen) atoms. The van der Waals surface area contributed by atoms with E-state index in [1.165, 1.54) is 29.8 Å². The summed E-state index contributed by atoms with van der Waals surface area (Å²) in [6.07, 6.45) is 1.06. The predicted molar refractivity (Wildman–Crippen MR) is 115 cm³/mol. The zero-order valence-electron chi connectivity index (χ0n) is 16.2. The van der Waals surface area contributed by atoms with Crippen molar-refractivity contribution in [1.82, 2.24) is 0 Å². The van der Waals surface area contributed by atoms with E-state index in [9.17, 15) is 9.59 Å². The molecule has 0 aliphatic heterocycles. The van der Waals surface area contributed by atoms with Gasteiger partial charge in [0, 0.05) is 31.0 Å². The van der Waals surface area contributed by atoms with E-state index in [1.807, 2.05) is 0 Å². The second-order valence-electron chi connectivity index (χ2n) is 5.71. The molecule has 0 aliphatic rings. The summed E-state index contributed by atoms with van der Waals surface area (Å²) in [5.74, 6) is -0.375. The molecular formula is C24H22O3PRh-. The molecule has 0 atom stereocenters. The van der Waals surface area contributed by atoms with Crippen LogP contribution in [0.25, 0.3) is 0 Å². The Morgan fingerprint density at radius 2 is 0.897 bits per heavy atom. The molecule has 0 fully saturated rings. The van der Waals surface area contributed by atoms with Crippen LogP contribution in [0.1, 0.15) is 13.8 Å². The van der Waals surface area contributed by atoms with E-state index in [-0.39, 0.29) is 31.0 Å². The summed E-state index contributed by atoms with van der Waals surface area (Å²) in [4.78, 5) is 20.0. The van der Waals surface area contributed by atoms with Gasteiger partial charge in [0.15, 0.2) is 0 Å². The maximum Gasteiger partial charge on any atom is 0 e. The molecule has 0 saturated carbocycles. The average molecular weight is 492 g/mol. The largest absolute Gasteiger partial charge is 0.0622 e. The van der Waals surface area contributed by atoms with Gasteiger partial charge in [-0.2, -0.15) is 0 Å². The van der Waals surface area contributed by atoms with Crippen LogP contribution in [0.3, 0.4) is 0 Å². The summed E-state index contributed by atoms with van der Waals surface area (Å²) < 4.78 is 7.50. The smallest absolute Gasteiger partial charge is 0 e. The molecule has 5 heteroatoms. The van der Waals surface area contributed by atoms with Gasteiger partial charge in [-0.25, -0.2) is 0 Å². The van der Waals surface area contributed by atoms with Crippen LogP contribution in [0.4, 0.5) is 0 Å². The van der Waals surface area contributed by atoms with Gasteiger partial charge >= 0.3 is 11.3 Å². The number of rotatable bonds is 5. The normalized spacial score (nSPS) is 8.86. The molecule has 3 aromatic rings. The van der Waals surface area contributed by atoms with Gasteiger partial charge in [0.2, 0.25) is 0 Å². The second-order valence-corrected chi connectivity index (χ2v) is 7.93. The first kappa shape index (κ1) is 26.7.